The molecule has 0 radical (unpaired) electrons. The summed E-state index contributed by atoms with van der Waals surface area (Å²) in [5, 5.41) is 2.16. The second-order valence-corrected chi connectivity index (χ2v) is 8.26. The van der Waals surface area contributed by atoms with Crippen LogP contribution in [0.2, 0.25) is 0 Å². The van der Waals surface area contributed by atoms with Gasteiger partial charge in [0.15, 0.2) is 0 Å². The van der Waals surface area contributed by atoms with Gasteiger partial charge in [0.05, 0.1) is 17.6 Å². The van der Waals surface area contributed by atoms with Gasteiger partial charge in [0.25, 0.3) is 0 Å². The maximum atomic E-state index is 13.1. The Hall–Kier alpha value is -2.34. The van der Waals surface area contributed by atoms with Crippen molar-refractivity contribution >= 4 is 22.1 Å². The number of rotatable bonds is 6. The number of esters is 1. The smallest absolute Gasteiger partial charge is 0.417 e. The van der Waals surface area contributed by atoms with Crippen LogP contribution in [-0.4, -0.2) is 45.8 Å². The van der Waals surface area contributed by atoms with E-state index >= 15 is 0 Å². The van der Waals surface area contributed by atoms with Crippen molar-refractivity contribution in [2.24, 2.45) is 0 Å². The molecule has 0 spiro atoms. The summed E-state index contributed by atoms with van der Waals surface area (Å²) in [4.78, 5) is 22.5. The largest absolute Gasteiger partial charge is 0.468 e. The van der Waals surface area contributed by atoms with Gasteiger partial charge in [-0.15, -0.1) is 0 Å². The van der Waals surface area contributed by atoms with Gasteiger partial charge in [-0.2, -0.15) is 17.9 Å². The molecular formula is C16H21F3N2O6S. The number of carbonyl (C=O) groups excluding carboxylic acids is 2. The van der Waals surface area contributed by atoms with E-state index in [0.717, 1.165) is 25.3 Å². The third kappa shape index (κ3) is 7.00. The summed E-state index contributed by atoms with van der Waals surface area (Å²) < 4.78 is 75.4. The molecular weight excluding hydrogens is 405 g/mol. The van der Waals surface area contributed by atoms with E-state index in [9.17, 15) is 31.2 Å². The van der Waals surface area contributed by atoms with Gasteiger partial charge in [0.1, 0.15) is 11.6 Å². The number of alkyl carbamates (subject to hydrolysis) is 1. The summed E-state index contributed by atoms with van der Waals surface area (Å²) >= 11 is 0. The third-order valence-electron chi connectivity index (χ3n) is 3.11. The van der Waals surface area contributed by atoms with Gasteiger partial charge in [-0.1, -0.05) is 12.1 Å². The molecule has 0 heterocycles. The Morgan fingerprint density at radius 2 is 1.71 bits per heavy atom. The summed E-state index contributed by atoms with van der Waals surface area (Å²) in [6, 6.07) is 1.81. The molecule has 0 fully saturated rings. The molecule has 1 atom stereocenters. The highest BCUT2D eigenvalue weighted by Gasteiger charge is 2.38. The average Bonchev–Trinajstić information content (AvgIpc) is 2.55. The molecule has 0 saturated heterocycles. The number of alkyl halides is 3. The zero-order valence-corrected chi connectivity index (χ0v) is 16.4. The van der Waals surface area contributed by atoms with E-state index in [1.165, 1.54) is 0 Å². The zero-order chi connectivity index (χ0) is 21.8. The highest BCUT2D eigenvalue weighted by molar-refractivity contribution is 7.89. The Bertz CT molecular complexity index is 818. The van der Waals surface area contributed by atoms with Crippen molar-refractivity contribution in [3.8, 4) is 0 Å². The minimum Gasteiger partial charge on any atom is -0.468 e. The van der Waals surface area contributed by atoms with Crippen molar-refractivity contribution in [2.45, 2.75) is 43.5 Å². The molecule has 0 unspecified atom stereocenters. The Morgan fingerprint density at radius 1 is 1.14 bits per heavy atom. The van der Waals surface area contributed by atoms with Crippen LogP contribution in [0.25, 0.3) is 0 Å². The van der Waals surface area contributed by atoms with Crippen LogP contribution in [0, 0.1) is 0 Å². The molecule has 0 bridgehead atoms. The summed E-state index contributed by atoms with van der Waals surface area (Å²) in [5.41, 5.74) is -2.25. The molecule has 2 N–H and O–H groups in total. The van der Waals surface area contributed by atoms with Crippen LogP contribution in [0.1, 0.15) is 26.3 Å². The maximum absolute atomic E-state index is 13.1. The number of nitrogens with one attached hydrogen (secondary N) is 2. The minimum absolute atomic E-state index is 0.598. The molecule has 0 aromatic heterocycles. The van der Waals surface area contributed by atoms with Crippen molar-refractivity contribution in [2.75, 3.05) is 13.7 Å². The van der Waals surface area contributed by atoms with E-state index < -0.39 is 56.9 Å². The average molecular weight is 426 g/mol. The molecule has 28 heavy (non-hydrogen) atoms. The standard InChI is InChI=1S/C16H21F3N2O6S/c1-15(2,3)27-14(23)20-9-11(13(22)26-4)21-28(24,25)12-8-6-5-7-10(12)16(17,18)19/h5-8,11,21H,9H2,1-4H3,(H,20,23)/t11-/m0/s1. The molecule has 1 rings (SSSR count). The first-order valence-electron chi connectivity index (χ1n) is 7.90. The number of hydrogen-bond donors (Lipinski definition) is 2. The predicted molar refractivity (Wildman–Crippen MR) is 91.8 cm³/mol. The highest BCUT2D eigenvalue weighted by atomic mass is 32.2. The summed E-state index contributed by atoms with van der Waals surface area (Å²) in [6.07, 6.45) is -5.88. The molecule has 1 aromatic carbocycles. The first kappa shape index (κ1) is 23.7. The number of carbonyl (C=O) groups is 2. The number of hydrogen-bond acceptors (Lipinski definition) is 6. The number of amides is 1. The lowest BCUT2D eigenvalue weighted by molar-refractivity contribution is -0.142. The number of benzene rings is 1. The van der Waals surface area contributed by atoms with Gasteiger partial charge in [-0.25, -0.2) is 13.2 Å². The Balaban J connectivity index is 3.07. The topological polar surface area (TPSA) is 111 Å². The zero-order valence-electron chi connectivity index (χ0n) is 15.6. The van der Waals surface area contributed by atoms with Crippen molar-refractivity contribution in [1.29, 1.82) is 0 Å². The monoisotopic (exact) mass is 426 g/mol. The van der Waals surface area contributed by atoms with Crippen LogP contribution >= 0.6 is 0 Å². The van der Waals surface area contributed by atoms with Gasteiger partial charge in [-0.3, -0.25) is 4.79 Å². The van der Waals surface area contributed by atoms with E-state index in [1.807, 2.05) is 4.72 Å². The van der Waals surface area contributed by atoms with Gasteiger partial charge >= 0.3 is 18.2 Å². The first-order chi connectivity index (χ1) is 12.7. The second kappa shape index (κ2) is 8.78. The molecule has 1 aromatic rings. The minimum atomic E-state index is -4.93. The summed E-state index contributed by atoms with van der Waals surface area (Å²) in [6.45, 7) is 4.15. The van der Waals surface area contributed by atoms with E-state index in [2.05, 4.69) is 10.1 Å². The van der Waals surface area contributed by atoms with Gasteiger partial charge in [-0.05, 0) is 32.9 Å². The van der Waals surface area contributed by atoms with Crippen molar-refractivity contribution in [3.05, 3.63) is 29.8 Å². The molecule has 158 valence electrons. The number of halogens is 3. The van der Waals surface area contributed by atoms with Crippen LogP contribution in [0.3, 0.4) is 0 Å². The number of sulfonamides is 1. The lowest BCUT2D eigenvalue weighted by Gasteiger charge is -2.22. The quantitative estimate of drug-likeness (QED) is 0.674. The molecule has 12 heteroatoms. The fraction of sp³-hybridized carbons (Fsp3) is 0.500. The van der Waals surface area contributed by atoms with Gasteiger partial charge in [0, 0.05) is 6.54 Å². The molecule has 0 saturated carbocycles. The van der Waals surface area contributed by atoms with Crippen LogP contribution in [-0.2, 0) is 30.5 Å². The van der Waals surface area contributed by atoms with Crippen molar-refractivity contribution < 1.29 is 40.7 Å². The Labute approximate surface area is 160 Å². The van der Waals surface area contributed by atoms with E-state index in [4.69, 9.17) is 4.74 Å². The molecule has 8 nitrogen and oxygen atoms in total. The van der Waals surface area contributed by atoms with Gasteiger partial charge in [0.2, 0.25) is 10.0 Å². The fourth-order valence-corrected chi connectivity index (χ4v) is 3.41. The summed E-state index contributed by atoms with van der Waals surface area (Å²) in [5.74, 6) is -1.11. The molecule has 1 amide bonds. The van der Waals surface area contributed by atoms with E-state index in [0.29, 0.717) is 6.07 Å². The van der Waals surface area contributed by atoms with E-state index in [-0.39, 0.29) is 0 Å². The number of methoxy groups -OCH3 is 1. The maximum Gasteiger partial charge on any atom is 0.417 e. The Kier molecular flexibility index (Phi) is 7.43. The van der Waals surface area contributed by atoms with Crippen LogP contribution in [0.4, 0.5) is 18.0 Å². The van der Waals surface area contributed by atoms with Crippen molar-refractivity contribution in [3.63, 3.8) is 0 Å². The predicted octanol–water partition coefficient (Wildman–Crippen LogP) is 2.05. The van der Waals surface area contributed by atoms with Crippen LogP contribution < -0.4 is 10.0 Å². The second-order valence-electron chi connectivity index (χ2n) is 6.57. The molecule has 0 aliphatic heterocycles. The third-order valence-corrected chi connectivity index (χ3v) is 4.64. The summed E-state index contributed by atoms with van der Waals surface area (Å²) in [7, 11) is -3.82. The van der Waals surface area contributed by atoms with Gasteiger partial charge < -0.3 is 14.8 Å². The van der Waals surface area contributed by atoms with Crippen LogP contribution in [0.15, 0.2) is 29.2 Å². The SMILES string of the molecule is COC(=O)[C@H](CNC(=O)OC(C)(C)C)NS(=O)(=O)c1ccccc1C(F)(F)F. The lowest BCUT2D eigenvalue weighted by atomic mass is 10.2. The lowest BCUT2D eigenvalue weighted by Crippen LogP contribution is -2.49. The first-order valence-corrected chi connectivity index (χ1v) is 9.39. The van der Waals surface area contributed by atoms with Crippen molar-refractivity contribution in [1.82, 2.24) is 10.0 Å². The Morgan fingerprint density at radius 3 is 2.21 bits per heavy atom. The normalized spacial score (nSPS) is 13.5. The van der Waals surface area contributed by atoms with Crippen LogP contribution in [0.5, 0.6) is 0 Å². The highest BCUT2D eigenvalue weighted by Crippen LogP contribution is 2.33. The fourth-order valence-electron chi connectivity index (χ4n) is 2.00. The molecule has 0 aliphatic rings. The number of ether oxygens (including phenoxy) is 2. The molecule has 0 aliphatic carbocycles. The van der Waals surface area contributed by atoms with E-state index in [1.54, 1.807) is 20.8 Å².